The molecule has 0 bridgehead atoms. The fourth-order valence-corrected chi connectivity index (χ4v) is 4.01. The third-order valence-electron chi connectivity index (χ3n) is 5.49. The quantitative estimate of drug-likeness (QED) is 0.624. The van der Waals surface area contributed by atoms with Gasteiger partial charge in [0.05, 0.1) is 0 Å². The minimum absolute atomic E-state index is 0.0677. The van der Waals surface area contributed by atoms with Gasteiger partial charge in [0.2, 0.25) is 11.8 Å². The number of amides is 3. The van der Waals surface area contributed by atoms with Crippen LogP contribution in [0.25, 0.3) is 0 Å². The molecule has 1 aliphatic carbocycles. The topological polar surface area (TPSA) is 91.0 Å². The summed E-state index contributed by atoms with van der Waals surface area (Å²) < 4.78 is 5.42. The Labute approximate surface area is 174 Å². The lowest BCUT2D eigenvalue weighted by atomic mass is 9.97. The van der Waals surface area contributed by atoms with Crippen molar-refractivity contribution in [2.45, 2.75) is 71.4 Å². The van der Waals surface area contributed by atoms with Crippen molar-refractivity contribution in [3.8, 4) is 0 Å². The third kappa shape index (κ3) is 8.20. The first kappa shape index (κ1) is 23.4. The maximum Gasteiger partial charge on any atom is 0.410 e. The van der Waals surface area contributed by atoms with Gasteiger partial charge in [-0.3, -0.25) is 14.5 Å². The van der Waals surface area contributed by atoms with Crippen LogP contribution < -0.4 is 10.6 Å². The van der Waals surface area contributed by atoms with E-state index in [9.17, 15) is 14.4 Å². The van der Waals surface area contributed by atoms with Crippen LogP contribution in [0.15, 0.2) is 0 Å². The zero-order chi connectivity index (χ0) is 21.4. The van der Waals surface area contributed by atoms with E-state index in [1.807, 2.05) is 20.8 Å². The Morgan fingerprint density at radius 3 is 2.24 bits per heavy atom. The predicted octanol–water partition coefficient (Wildman–Crippen LogP) is 1.74. The summed E-state index contributed by atoms with van der Waals surface area (Å²) in [7, 11) is 0. The molecule has 0 aromatic rings. The summed E-state index contributed by atoms with van der Waals surface area (Å²) in [4.78, 5) is 40.2. The summed E-state index contributed by atoms with van der Waals surface area (Å²) in [6, 6.07) is -0.410. The second-order valence-corrected chi connectivity index (χ2v) is 9.18. The van der Waals surface area contributed by atoms with Gasteiger partial charge in [-0.15, -0.1) is 0 Å². The van der Waals surface area contributed by atoms with Crippen LogP contribution in [0.2, 0.25) is 0 Å². The average Bonchev–Trinajstić information content (AvgIpc) is 3.16. The zero-order valence-corrected chi connectivity index (χ0v) is 18.5. The van der Waals surface area contributed by atoms with Gasteiger partial charge in [-0.25, -0.2) is 4.79 Å². The maximum atomic E-state index is 12.6. The molecular weight excluding hydrogens is 372 g/mol. The first-order valence-electron chi connectivity index (χ1n) is 10.9. The second-order valence-electron chi connectivity index (χ2n) is 9.18. The third-order valence-corrected chi connectivity index (χ3v) is 5.49. The number of ether oxygens (including phenoxy) is 1. The van der Waals surface area contributed by atoms with E-state index in [0.29, 0.717) is 19.6 Å². The maximum absolute atomic E-state index is 12.6. The van der Waals surface area contributed by atoms with Gasteiger partial charge in [0, 0.05) is 39.6 Å². The van der Waals surface area contributed by atoms with Crippen LogP contribution in [0.3, 0.4) is 0 Å². The van der Waals surface area contributed by atoms with Crippen LogP contribution in [0.1, 0.15) is 59.8 Å². The molecule has 2 fully saturated rings. The van der Waals surface area contributed by atoms with E-state index < -0.39 is 11.6 Å². The van der Waals surface area contributed by atoms with Crippen molar-refractivity contribution in [2.75, 3.05) is 39.3 Å². The number of hydrogen-bond acceptors (Lipinski definition) is 5. The standard InChI is InChI=1S/C21H38N4O4/c1-16(26)23-18(17-8-5-6-9-17)19(27)22-10-7-11-24-12-14-25(15-13-24)20(28)29-21(2,3)4/h17-18H,5-15H2,1-4H3,(H,22,27)(H,23,26). The molecule has 166 valence electrons. The first-order valence-corrected chi connectivity index (χ1v) is 10.9. The lowest BCUT2D eigenvalue weighted by Crippen LogP contribution is -2.51. The monoisotopic (exact) mass is 410 g/mol. The van der Waals surface area contributed by atoms with Crippen molar-refractivity contribution in [1.82, 2.24) is 20.4 Å². The fourth-order valence-electron chi connectivity index (χ4n) is 4.01. The Morgan fingerprint density at radius 1 is 1.07 bits per heavy atom. The summed E-state index contributed by atoms with van der Waals surface area (Å²) in [5, 5.41) is 5.83. The van der Waals surface area contributed by atoms with Gasteiger partial charge in [-0.05, 0) is 52.5 Å². The summed E-state index contributed by atoms with van der Waals surface area (Å²) >= 11 is 0. The minimum Gasteiger partial charge on any atom is -0.444 e. The first-order chi connectivity index (χ1) is 13.7. The van der Waals surface area contributed by atoms with Crippen LogP contribution in [-0.2, 0) is 14.3 Å². The SMILES string of the molecule is CC(=O)NC(C(=O)NCCCN1CCN(C(=O)OC(C)(C)C)CC1)C1CCCC1. The number of nitrogens with zero attached hydrogens (tertiary/aromatic N) is 2. The molecule has 0 spiro atoms. The van der Waals surface area contributed by atoms with E-state index >= 15 is 0 Å². The molecule has 1 aliphatic heterocycles. The Balaban J connectivity index is 1.65. The fraction of sp³-hybridized carbons (Fsp3) is 0.857. The highest BCUT2D eigenvalue weighted by Gasteiger charge is 2.31. The van der Waals surface area contributed by atoms with Crippen molar-refractivity contribution < 1.29 is 19.1 Å². The van der Waals surface area contributed by atoms with E-state index in [2.05, 4.69) is 15.5 Å². The van der Waals surface area contributed by atoms with E-state index in [1.54, 1.807) is 4.90 Å². The molecule has 3 amide bonds. The zero-order valence-electron chi connectivity index (χ0n) is 18.5. The molecule has 1 heterocycles. The smallest absolute Gasteiger partial charge is 0.410 e. The molecule has 1 unspecified atom stereocenters. The normalized spacial score (nSPS) is 19.7. The minimum atomic E-state index is -0.472. The van der Waals surface area contributed by atoms with Gasteiger partial charge in [0.15, 0.2) is 0 Å². The highest BCUT2D eigenvalue weighted by molar-refractivity contribution is 5.87. The van der Waals surface area contributed by atoms with Crippen LogP contribution in [0.5, 0.6) is 0 Å². The van der Waals surface area contributed by atoms with E-state index in [4.69, 9.17) is 4.74 Å². The average molecular weight is 411 g/mol. The number of rotatable bonds is 7. The summed E-state index contributed by atoms with van der Waals surface area (Å²) in [5.74, 6) is 0.0292. The van der Waals surface area contributed by atoms with Gasteiger partial charge < -0.3 is 20.3 Å². The molecule has 1 atom stereocenters. The molecule has 2 aliphatic rings. The molecule has 1 saturated carbocycles. The van der Waals surface area contributed by atoms with Gasteiger partial charge in [0.1, 0.15) is 11.6 Å². The molecular formula is C21H38N4O4. The van der Waals surface area contributed by atoms with E-state index in [0.717, 1.165) is 51.7 Å². The van der Waals surface area contributed by atoms with Crippen molar-refractivity contribution in [3.05, 3.63) is 0 Å². The van der Waals surface area contributed by atoms with Crippen molar-refractivity contribution in [1.29, 1.82) is 0 Å². The highest BCUT2D eigenvalue weighted by atomic mass is 16.6. The lowest BCUT2D eigenvalue weighted by molar-refractivity contribution is -0.129. The summed E-state index contributed by atoms with van der Waals surface area (Å²) in [6.07, 6.45) is 4.85. The molecule has 2 N–H and O–H groups in total. The Morgan fingerprint density at radius 2 is 1.69 bits per heavy atom. The number of piperazine rings is 1. The second kappa shape index (κ2) is 10.8. The number of carbonyl (C=O) groups is 3. The van der Waals surface area contributed by atoms with E-state index in [-0.39, 0.29) is 23.8 Å². The lowest BCUT2D eigenvalue weighted by Gasteiger charge is -2.35. The van der Waals surface area contributed by atoms with Gasteiger partial charge in [-0.2, -0.15) is 0 Å². The predicted molar refractivity (Wildman–Crippen MR) is 111 cm³/mol. The molecule has 8 nitrogen and oxygen atoms in total. The van der Waals surface area contributed by atoms with Gasteiger partial charge in [-0.1, -0.05) is 12.8 Å². The Hall–Kier alpha value is -1.83. The molecule has 1 saturated heterocycles. The Kier molecular flexibility index (Phi) is 8.74. The number of nitrogens with one attached hydrogen (secondary N) is 2. The summed E-state index contributed by atoms with van der Waals surface area (Å²) in [6.45, 7) is 11.5. The molecule has 0 aromatic heterocycles. The molecule has 0 radical (unpaired) electrons. The summed E-state index contributed by atoms with van der Waals surface area (Å²) in [5.41, 5.74) is -0.472. The number of carbonyl (C=O) groups excluding carboxylic acids is 3. The largest absolute Gasteiger partial charge is 0.444 e. The van der Waals surface area contributed by atoms with Crippen molar-refractivity contribution >= 4 is 17.9 Å². The van der Waals surface area contributed by atoms with Crippen LogP contribution in [0, 0.1) is 5.92 Å². The van der Waals surface area contributed by atoms with Crippen LogP contribution in [-0.4, -0.2) is 78.6 Å². The molecule has 2 rings (SSSR count). The highest BCUT2D eigenvalue weighted by Crippen LogP contribution is 2.27. The van der Waals surface area contributed by atoms with Crippen LogP contribution >= 0.6 is 0 Å². The van der Waals surface area contributed by atoms with Gasteiger partial charge >= 0.3 is 6.09 Å². The van der Waals surface area contributed by atoms with Crippen molar-refractivity contribution in [3.63, 3.8) is 0 Å². The molecule has 29 heavy (non-hydrogen) atoms. The van der Waals surface area contributed by atoms with E-state index in [1.165, 1.54) is 6.92 Å². The van der Waals surface area contributed by atoms with Gasteiger partial charge in [0.25, 0.3) is 0 Å². The Bertz CT molecular complexity index is 562. The number of hydrogen-bond donors (Lipinski definition) is 2. The molecule has 8 heteroatoms. The van der Waals surface area contributed by atoms with Crippen LogP contribution in [0.4, 0.5) is 4.79 Å². The van der Waals surface area contributed by atoms with Crippen molar-refractivity contribution in [2.24, 2.45) is 5.92 Å². The molecule has 0 aromatic carbocycles.